The number of aliphatic hydroxyl groups is 1. The normalized spacial score (nSPS) is 43.5. The summed E-state index contributed by atoms with van der Waals surface area (Å²) in [6.07, 6.45) is 5.59. The fourth-order valence-electron chi connectivity index (χ4n) is 2.60. The first-order valence-corrected chi connectivity index (χ1v) is 4.01. The molecule has 0 saturated heterocycles. The largest absolute Gasteiger partial charge is 0.396 e. The topological polar surface area (TPSA) is 20.2 Å². The van der Waals surface area contributed by atoms with Crippen molar-refractivity contribution in [2.75, 3.05) is 6.61 Å². The van der Waals surface area contributed by atoms with E-state index in [0.29, 0.717) is 12.5 Å². The highest BCUT2D eigenvalue weighted by atomic mass is 16.3. The molecule has 2 saturated carbocycles. The van der Waals surface area contributed by atoms with E-state index < -0.39 is 0 Å². The summed E-state index contributed by atoms with van der Waals surface area (Å²) in [6.45, 7) is 0.446. The van der Waals surface area contributed by atoms with E-state index in [2.05, 4.69) is 0 Å². The highest BCUT2D eigenvalue weighted by molar-refractivity contribution is 4.89. The van der Waals surface area contributed by atoms with Crippen molar-refractivity contribution < 1.29 is 5.11 Å². The van der Waals surface area contributed by atoms with Crippen molar-refractivity contribution in [3.63, 3.8) is 0 Å². The van der Waals surface area contributed by atoms with Crippen LogP contribution in [0.5, 0.6) is 0 Å². The van der Waals surface area contributed by atoms with Crippen LogP contribution >= 0.6 is 0 Å². The predicted molar refractivity (Wildman–Crippen MR) is 42.8 cm³/mol. The first-order valence-electron chi connectivity index (χ1n) is 4.01. The average molecular weight is 142 g/mol. The Balaban J connectivity index is 0.000000500. The Labute approximate surface area is 63.4 Å². The molecule has 2 aliphatic carbocycles. The molecule has 0 spiro atoms. The third-order valence-corrected chi connectivity index (χ3v) is 3.12. The number of aliphatic hydroxyl groups excluding tert-OH is 1. The van der Waals surface area contributed by atoms with Gasteiger partial charge in [0.25, 0.3) is 0 Å². The molecular weight excluding hydrogens is 124 g/mol. The van der Waals surface area contributed by atoms with Crippen molar-refractivity contribution in [2.24, 2.45) is 17.8 Å². The smallest absolute Gasteiger partial charge is 0.0462 e. The molecular formula is C9H18O. The monoisotopic (exact) mass is 142 g/mol. The van der Waals surface area contributed by atoms with Crippen molar-refractivity contribution in [3.05, 3.63) is 0 Å². The van der Waals surface area contributed by atoms with Gasteiger partial charge in [-0.3, -0.25) is 0 Å². The van der Waals surface area contributed by atoms with Crippen molar-refractivity contribution in [1.29, 1.82) is 0 Å². The van der Waals surface area contributed by atoms with E-state index in [0.717, 1.165) is 11.8 Å². The molecule has 0 aromatic carbocycles. The fraction of sp³-hybridized carbons (Fsp3) is 1.00. The van der Waals surface area contributed by atoms with Crippen molar-refractivity contribution in [1.82, 2.24) is 0 Å². The molecule has 1 N–H and O–H groups in total. The minimum absolute atomic E-state index is 0. The summed E-state index contributed by atoms with van der Waals surface area (Å²) in [7, 11) is 0. The van der Waals surface area contributed by atoms with Crippen LogP contribution in [0.3, 0.4) is 0 Å². The van der Waals surface area contributed by atoms with E-state index in [1.54, 1.807) is 0 Å². The second kappa shape index (κ2) is 2.91. The molecule has 0 amide bonds. The lowest BCUT2D eigenvalue weighted by molar-refractivity contribution is 0.177. The molecule has 2 aliphatic rings. The van der Waals surface area contributed by atoms with Gasteiger partial charge in [-0.25, -0.2) is 0 Å². The first kappa shape index (κ1) is 8.06. The van der Waals surface area contributed by atoms with E-state index >= 15 is 0 Å². The predicted octanol–water partition coefficient (Wildman–Crippen LogP) is 2.05. The summed E-state index contributed by atoms with van der Waals surface area (Å²) in [6, 6.07) is 0. The zero-order valence-corrected chi connectivity index (χ0v) is 5.71. The number of hydrogen-bond donors (Lipinski definition) is 1. The quantitative estimate of drug-likeness (QED) is 0.594. The second-order valence-corrected chi connectivity index (χ2v) is 3.62. The van der Waals surface area contributed by atoms with Crippen molar-refractivity contribution in [3.8, 4) is 0 Å². The SMILES string of the molecule is C.OCC1CC2CCC1C2. The minimum Gasteiger partial charge on any atom is -0.396 e. The zero-order chi connectivity index (χ0) is 6.27. The van der Waals surface area contributed by atoms with E-state index in [1.165, 1.54) is 25.7 Å². The van der Waals surface area contributed by atoms with Crippen LogP contribution in [0.2, 0.25) is 0 Å². The average Bonchev–Trinajstić information content (AvgIpc) is 2.45. The van der Waals surface area contributed by atoms with Crippen LogP contribution in [-0.4, -0.2) is 11.7 Å². The van der Waals surface area contributed by atoms with Crippen LogP contribution in [0.1, 0.15) is 33.1 Å². The summed E-state index contributed by atoms with van der Waals surface area (Å²) >= 11 is 0. The Kier molecular flexibility index (Phi) is 2.35. The summed E-state index contributed by atoms with van der Waals surface area (Å²) in [4.78, 5) is 0. The van der Waals surface area contributed by atoms with Gasteiger partial charge in [0.05, 0.1) is 0 Å². The van der Waals surface area contributed by atoms with Gasteiger partial charge in [-0.2, -0.15) is 0 Å². The van der Waals surface area contributed by atoms with Crippen LogP contribution in [0.15, 0.2) is 0 Å². The number of rotatable bonds is 1. The maximum Gasteiger partial charge on any atom is 0.0462 e. The highest BCUT2D eigenvalue weighted by Gasteiger charge is 2.38. The molecule has 1 heteroatoms. The molecule has 2 bridgehead atoms. The third-order valence-electron chi connectivity index (χ3n) is 3.12. The number of fused-ring (bicyclic) bond motifs is 2. The van der Waals surface area contributed by atoms with Gasteiger partial charge >= 0.3 is 0 Å². The Morgan fingerprint density at radius 1 is 1.20 bits per heavy atom. The lowest BCUT2D eigenvalue weighted by atomic mass is 9.90. The lowest BCUT2D eigenvalue weighted by Gasteiger charge is -2.18. The minimum atomic E-state index is 0. The van der Waals surface area contributed by atoms with Gasteiger partial charge in [0, 0.05) is 6.61 Å². The van der Waals surface area contributed by atoms with E-state index in [4.69, 9.17) is 5.11 Å². The third kappa shape index (κ3) is 1.07. The molecule has 60 valence electrons. The van der Waals surface area contributed by atoms with Crippen LogP contribution in [0, 0.1) is 17.8 Å². The zero-order valence-electron chi connectivity index (χ0n) is 5.71. The molecule has 2 rings (SSSR count). The van der Waals surface area contributed by atoms with Gasteiger partial charge < -0.3 is 5.11 Å². The van der Waals surface area contributed by atoms with Crippen LogP contribution in [-0.2, 0) is 0 Å². The second-order valence-electron chi connectivity index (χ2n) is 3.62. The molecule has 3 unspecified atom stereocenters. The molecule has 0 aliphatic heterocycles. The summed E-state index contributed by atoms with van der Waals surface area (Å²) in [5.74, 6) is 2.58. The van der Waals surface area contributed by atoms with Gasteiger partial charge in [-0.05, 0) is 37.0 Å². The van der Waals surface area contributed by atoms with Crippen molar-refractivity contribution >= 4 is 0 Å². The summed E-state index contributed by atoms with van der Waals surface area (Å²) in [5.41, 5.74) is 0. The van der Waals surface area contributed by atoms with E-state index in [1.807, 2.05) is 0 Å². The van der Waals surface area contributed by atoms with Gasteiger partial charge in [0.15, 0.2) is 0 Å². The lowest BCUT2D eigenvalue weighted by Crippen LogP contribution is -2.13. The molecule has 10 heavy (non-hydrogen) atoms. The van der Waals surface area contributed by atoms with Crippen LogP contribution in [0.25, 0.3) is 0 Å². The van der Waals surface area contributed by atoms with Gasteiger partial charge in [-0.1, -0.05) is 13.8 Å². The maximum absolute atomic E-state index is 8.89. The Morgan fingerprint density at radius 3 is 2.30 bits per heavy atom. The molecule has 0 aromatic heterocycles. The van der Waals surface area contributed by atoms with Gasteiger partial charge in [-0.15, -0.1) is 0 Å². The Morgan fingerprint density at radius 2 is 2.00 bits per heavy atom. The Bertz CT molecular complexity index is 111. The van der Waals surface area contributed by atoms with Crippen LogP contribution < -0.4 is 0 Å². The molecule has 2 fully saturated rings. The highest BCUT2D eigenvalue weighted by Crippen LogP contribution is 2.47. The standard InChI is InChI=1S/C8H14O.CH4/c9-5-8-4-6-1-2-7(8)3-6;/h6-9H,1-5H2;1H4. The summed E-state index contributed by atoms with van der Waals surface area (Å²) in [5, 5.41) is 8.89. The molecule has 0 aromatic rings. The first-order chi connectivity index (χ1) is 4.40. The maximum atomic E-state index is 8.89. The molecule has 0 radical (unpaired) electrons. The molecule has 0 heterocycles. The van der Waals surface area contributed by atoms with Gasteiger partial charge in [0.2, 0.25) is 0 Å². The van der Waals surface area contributed by atoms with E-state index in [9.17, 15) is 0 Å². The summed E-state index contributed by atoms with van der Waals surface area (Å²) < 4.78 is 0. The number of hydrogen-bond acceptors (Lipinski definition) is 1. The van der Waals surface area contributed by atoms with Crippen LogP contribution in [0.4, 0.5) is 0 Å². The molecule has 1 nitrogen and oxygen atoms in total. The van der Waals surface area contributed by atoms with E-state index in [-0.39, 0.29) is 7.43 Å². The van der Waals surface area contributed by atoms with Gasteiger partial charge in [0.1, 0.15) is 0 Å². The fourth-order valence-corrected chi connectivity index (χ4v) is 2.60. The molecule has 3 atom stereocenters. The van der Waals surface area contributed by atoms with Crippen molar-refractivity contribution in [2.45, 2.75) is 33.1 Å². The Hall–Kier alpha value is -0.0400.